The van der Waals surface area contributed by atoms with Crippen LogP contribution in [0, 0.1) is 6.92 Å². The molecule has 3 aromatic carbocycles. The molecular formula is C32H39Cl2N3O4S. The van der Waals surface area contributed by atoms with Crippen molar-refractivity contribution in [1.82, 2.24) is 10.2 Å². The van der Waals surface area contributed by atoms with Crippen molar-refractivity contribution in [3.63, 3.8) is 0 Å². The van der Waals surface area contributed by atoms with Crippen LogP contribution >= 0.6 is 23.2 Å². The average molecular weight is 633 g/mol. The van der Waals surface area contributed by atoms with Gasteiger partial charge in [0.1, 0.15) is 6.04 Å². The van der Waals surface area contributed by atoms with Crippen molar-refractivity contribution in [3.8, 4) is 0 Å². The normalized spacial score (nSPS) is 12.8. The summed E-state index contributed by atoms with van der Waals surface area (Å²) in [5.41, 5.74) is 2.88. The van der Waals surface area contributed by atoms with E-state index in [1.54, 1.807) is 42.2 Å². The molecule has 226 valence electrons. The Morgan fingerprint density at radius 2 is 1.60 bits per heavy atom. The Morgan fingerprint density at radius 3 is 2.21 bits per heavy atom. The van der Waals surface area contributed by atoms with Crippen LogP contribution in [-0.2, 0) is 32.6 Å². The molecule has 2 amide bonds. The number of rotatable bonds is 14. The molecule has 3 aromatic rings. The fourth-order valence-electron chi connectivity index (χ4n) is 4.63. The van der Waals surface area contributed by atoms with Crippen LogP contribution in [0.5, 0.6) is 0 Å². The molecule has 0 aliphatic carbocycles. The van der Waals surface area contributed by atoms with E-state index in [0.717, 1.165) is 23.8 Å². The molecule has 0 radical (unpaired) electrons. The molecule has 0 heterocycles. The van der Waals surface area contributed by atoms with Gasteiger partial charge in [-0.25, -0.2) is 8.42 Å². The van der Waals surface area contributed by atoms with Crippen molar-refractivity contribution < 1.29 is 18.0 Å². The van der Waals surface area contributed by atoms with E-state index in [4.69, 9.17) is 23.2 Å². The summed E-state index contributed by atoms with van der Waals surface area (Å²) in [5.74, 6) is -0.482. The fourth-order valence-corrected chi connectivity index (χ4v) is 5.94. The van der Waals surface area contributed by atoms with Gasteiger partial charge in [0, 0.05) is 42.0 Å². The summed E-state index contributed by atoms with van der Waals surface area (Å²) < 4.78 is 26.7. The molecule has 0 bridgehead atoms. The van der Waals surface area contributed by atoms with Crippen LogP contribution in [0.15, 0.2) is 72.8 Å². The average Bonchev–Trinajstić information content (AvgIpc) is 2.95. The Bertz CT molecular complexity index is 1450. The number of carbonyl (C=O) groups excluding carboxylic acids is 2. The molecule has 0 unspecified atom stereocenters. The zero-order chi connectivity index (χ0) is 30.9. The monoisotopic (exact) mass is 631 g/mol. The van der Waals surface area contributed by atoms with E-state index in [0.29, 0.717) is 27.7 Å². The lowest BCUT2D eigenvalue weighted by Gasteiger charge is -2.33. The number of nitrogens with zero attached hydrogens (tertiary/aromatic N) is 2. The fraction of sp³-hybridized carbons (Fsp3) is 0.375. The van der Waals surface area contributed by atoms with Crippen LogP contribution in [0.4, 0.5) is 5.69 Å². The first-order valence-corrected chi connectivity index (χ1v) is 16.6. The summed E-state index contributed by atoms with van der Waals surface area (Å²) in [6.07, 6.45) is 2.51. The Hall–Kier alpha value is -3.07. The minimum atomic E-state index is -3.64. The highest BCUT2D eigenvalue weighted by atomic mass is 35.5. The largest absolute Gasteiger partial charge is 0.352 e. The zero-order valence-corrected chi connectivity index (χ0v) is 26.8. The molecule has 0 spiro atoms. The number of halogens is 2. The first-order chi connectivity index (χ1) is 19.9. The Labute approximate surface area is 259 Å². The second-order valence-electron chi connectivity index (χ2n) is 10.5. The highest BCUT2D eigenvalue weighted by Crippen LogP contribution is 2.28. The van der Waals surface area contributed by atoms with E-state index in [1.165, 1.54) is 4.31 Å². The highest BCUT2D eigenvalue weighted by Gasteiger charge is 2.31. The number of benzene rings is 3. The third-order valence-corrected chi connectivity index (χ3v) is 9.04. The van der Waals surface area contributed by atoms with E-state index in [1.807, 2.05) is 56.3 Å². The standard InChI is InChI=1S/C32H39Cl2N3O4S/c1-5-23(2)35-32(39)30(21-25-11-7-6-8-12-25)36(22-26-16-18-27(33)19-17-26)31(38)15-10-20-37(42(4,40)41)29-14-9-13-28(34)24(29)3/h6-9,11-14,16-19,23,30H,5,10,15,20-22H2,1-4H3,(H,35,39)/t23-,30-/m1/s1. The number of amides is 2. The smallest absolute Gasteiger partial charge is 0.243 e. The molecule has 10 heteroatoms. The molecule has 0 aromatic heterocycles. The van der Waals surface area contributed by atoms with Crippen LogP contribution in [0.2, 0.25) is 10.0 Å². The van der Waals surface area contributed by atoms with Gasteiger partial charge in [-0.1, -0.05) is 78.7 Å². The number of hydrogen-bond acceptors (Lipinski definition) is 4. The number of anilines is 1. The predicted molar refractivity (Wildman–Crippen MR) is 171 cm³/mol. The van der Waals surface area contributed by atoms with Gasteiger partial charge in [-0.05, 0) is 67.6 Å². The van der Waals surface area contributed by atoms with E-state index < -0.39 is 16.1 Å². The highest BCUT2D eigenvalue weighted by molar-refractivity contribution is 7.92. The van der Waals surface area contributed by atoms with Crippen molar-refractivity contribution in [1.29, 1.82) is 0 Å². The molecule has 0 fully saturated rings. The summed E-state index contributed by atoms with van der Waals surface area (Å²) in [6.45, 7) is 5.97. The molecule has 7 nitrogen and oxygen atoms in total. The van der Waals surface area contributed by atoms with Gasteiger partial charge in [0.05, 0.1) is 11.9 Å². The lowest BCUT2D eigenvalue weighted by atomic mass is 10.0. The van der Waals surface area contributed by atoms with Gasteiger partial charge in [0.2, 0.25) is 21.8 Å². The molecule has 3 rings (SSSR count). The summed E-state index contributed by atoms with van der Waals surface area (Å²) in [4.78, 5) is 29.2. The van der Waals surface area contributed by atoms with Crippen molar-refractivity contribution in [3.05, 3.63) is 99.5 Å². The Morgan fingerprint density at radius 1 is 0.929 bits per heavy atom. The van der Waals surface area contributed by atoms with Crippen molar-refractivity contribution in [2.45, 2.75) is 65.1 Å². The van der Waals surface area contributed by atoms with Gasteiger partial charge in [-0.15, -0.1) is 0 Å². The number of hydrogen-bond donors (Lipinski definition) is 1. The second-order valence-corrected chi connectivity index (χ2v) is 13.2. The first-order valence-electron chi connectivity index (χ1n) is 14.0. The van der Waals surface area contributed by atoms with E-state index in [9.17, 15) is 18.0 Å². The molecule has 0 saturated carbocycles. The number of sulfonamides is 1. The van der Waals surface area contributed by atoms with Gasteiger partial charge >= 0.3 is 0 Å². The van der Waals surface area contributed by atoms with E-state index in [2.05, 4.69) is 5.32 Å². The molecule has 1 N–H and O–H groups in total. The van der Waals surface area contributed by atoms with Crippen LogP contribution in [0.1, 0.15) is 49.8 Å². The predicted octanol–water partition coefficient (Wildman–Crippen LogP) is 6.40. The molecule has 0 aliphatic rings. The van der Waals surface area contributed by atoms with Crippen molar-refractivity contribution >= 4 is 50.7 Å². The summed E-state index contributed by atoms with van der Waals surface area (Å²) >= 11 is 12.4. The zero-order valence-electron chi connectivity index (χ0n) is 24.5. The van der Waals surface area contributed by atoms with Crippen LogP contribution in [0.3, 0.4) is 0 Å². The lowest BCUT2D eigenvalue weighted by molar-refractivity contribution is -0.141. The van der Waals surface area contributed by atoms with Gasteiger partial charge in [0.25, 0.3) is 0 Å². The second kappa shape index (κ2) is 15.4. The molecule has 0 aliphatic heterocycles. The summed E-state index contributed by atoms with van der Waals surface area (Å²) in [7, 11) is -3.64. The van der Waals surface area contributed by atoms with Crippen molar-refractivity contribution in [2.75, 3.05) is 17.1 Å². The van der Waals surface area contributed by atoms with E-state index in [-0.39, 0.29) is 43.8 Å². The third kappa shape index (κ3) is 9.48. The first kappa shape index (κ1) is 33.4. The molecule has 0 saturated heterocycles. The molecule has 2 atom stereocenters. The SMILES string of the molecule is CC[C@@H](C)NC(=O)[C@@H](Cc1ccccc1)N(Cc1ccc(Cl)cc1)C(=O)CCCN(c1cccc(Cl)c1C)S(C)(=O)=O. The summed E-state index contributed by atoms with van der Waals surface area (Å²) in [6, 6.07) is 21.0. The quantitative estimate of drug-likeness (QED) is 0.223. The van der Waals surface area contributed by atoms with Crippen LogP contribution in [-0.4, -0.2) is 50.0 Å². The molecule has 42 heavy (non-hydrogen) atoms. The lowest BCUT2D eigenvalue weighted by Crippen LogP contribution is -2.52. The van der Waals surface area contributed by atoms with Gasteiger partial charge < -0.3 is 10.2 Å². The molecular weight excluding hydrogens is 593 g/mol. The van der Waals surface area contributed by atoms with Crippen molar-refractivity contribution in [2.24, 2.45) is 0 Å². The maximum Gasteiger partial charge on any atom is 0.243 e. The van der Waals surface area contributed by atoms with E-state index >= 15 is 0 Å². The topological polar surface area (TPSA) is 86.8 Å². The van der Waals surface area contributed by atoms with Gasteiger partial charge in [0.15, 0.2) is 0 Å². The maximum atomic E-state index is 13.9. The Kier molecular flexibility index (Phi) is 12.3. The van der Waals surface area contributed by atoms with Gasteiger partial charge in [-0.3, -0.25) is 13.9 Å². The van der Waals surface area contributed by atoms with Crippen LogP contribution < -0.4 is 9.62 Å². The maximum absolute atomic E-state index is 13.9. The van der Waals surface area contributed by atoms with Gasteiger partial charge in [-0.2, -0.15) is 0 Å². The minimum Gasteiger partial charge on any atom is -0.352 e. The Balaban J connectivity index is 1.90. The third-order valence-electron chi connectivity index (χ3n) is 7.20. The number of carbonyl (C=O) groups is 2. The van der Waals surface area contributed by atoms with Crippen LogP contribution in [0.25, 0.3) is 0 Å². The number of nitrogens with one attached hydrogen (secondary N) is 1. The summed E-state index contributed by atoms with van der Waals surface area (Å²) in [5, 5.41) is 4.09. The minimum absolute atomic E-state index is 0.0428.